The number of piperidine rings is 1. The lowest BCUT2D eigenvalue weighted by molar-refractivity contribution is 0.199. The van der Waals surface area contributed by atoms with Gasteiger partial charge in [0.1, 0.15) is 0 Å². The summed E-state index contributed by atoms with van der Waals surface area (Å²) in [4.78, 5) is 2.50. The summed E-state index contributed by atoms with van der Waals surface area (Å²) < 4.78 is 0. The average Bonchev–Trinajstić information content (AvgIpc) is 2.34. The zero-order chi connectivity index (χ0) is 13.3. The lowest BCUT2D eigenvalue weighted by Gasteiger charge is -2.42. The van der Waals surface area contributed by atoms with E-state index in [1.54, 1.807) is 0 Å². The fraction of sp³-hybridized carbons (Fsp3) is 0.625. The third-order valence-electron chi connectivity index (χ3n) is 4.30. The minimum atomic E-state index is -0.379. The normalized spacial score (nSPS) is 30.3. The van der Waals surface area contributed by atoms with Crippen molar-refractivity contribution >= 4 is 5.69 Å². The first-order valence-electron chi connectivity index (χ1n) is 7.03. The van der Waals surface area contributed by atoms with Crippen LogP contribution in [0.2, 0.25) is 0 Å². The first kappa shape index (κ1) is 13.4. The SMILES string of the molecule is CC1CC(C)C(C)N(c2ccc([C@@H](C)O)cc2)C1. The van der Waals surface area contributed by atoms with E-state index in [1.165, 1.54) is 12.1 Å². The highest BCUT2D eigenvalue weighted by Gasteiger charge is 2.28. The van der Waals surface area contributed by atoms with Gasteiger partial charge in [-0.05, 0) is 49.8 Å². The molecular weight excluding hydrogens is 222 g/mol. The summed E-state index contributed by atoms with van der Waals surface area (Å²) in [6.45, 7) is 9.94. The fourth-order valence-electron chi connectivity index (χ4n) is 3.00. The molecule has 3 unspecified atom stereocenters. The van der Waals surface area contributed by atoms with Gasteiger partial charge in [-0.3, -0.25) is 0 Å². The highest BCUT2D eigenvalue weighted by Crippen LogP contribution is 2.31. The largest absolute Gasteiger partial charge is 0.389 e. The molecule has 0 saturated carbocycles. The number of hydrogen-bond acceptors (Lipinski definition) is 2. The second-order valence-electron chi connectivity index (χ2n) is 5.98. The predicted octanol–water partition coefficient (Wildman–Crippen LogP) is 3.61. The molecule has 0 aromatic heterocycles. The van der Waals surface area contributed by atoms with Crippen LogP contribution in [0.25, 0.3) is 0 Å². The van der Waals surface area contributed by atoms with E-state index in [2.05, 4.69) is 37.8 Å². The Hall–Kier alpha value is -1.02. The Morgan fingerprint density at radius 3 is 2.33 bits per heavy atom. The maximum atomic E-state index is 9.55. The highest BCUT2D eigenvalue weighted by atomic mass is 16.3. The lowest BCUT2D eigenvalue weighted by atomic mass is 9.85. The number of benzene rings is 1. The number of anilines is 1. The fourth-order valence-corrected chi connectivity index (χ4v) is 3.00. The van der Waals surface area contributed by atoms with Gasteiger partial charge in [0.15, 0.2) is 0 Å². The molecule has 1 aromatic rings. The summed E-state index contributed by atoms with van der Waals surface area (Å²) in [5.74, 6) is 1.50. The van der Waals surface area contributed by atoms with Crippen LogP contribution >= 0.6 is 0 Å². The molecule has 18 heavy (non-hydrogen) atoms. The molecule has 1 aliphatic rings. The van der Waals surface area contributed by atoms with Gasteiger partial charge in [0.05, 0.1) is 6.10 Å². The van der Waals surface area contributed by atoms with Crippen molar-refractivity contribution < 1.29 is 5.11 Å². The van der Waals surface area contributed by atoms with Gasteiger partial charge < -0.3 is 10.0 Å². The lowest BCUT2D eigenvalue weighted by Crippen LogP contribution is -2.45. The molecule has 1 saturated heterocycles. The standard InChI is InChI=1S/C16H25NO/c1-11-9-12(2)13(3)17(10-11)16-7-5-15(6-8-16)14(4)18/h5-8,11-14,18H,9-10H2,1-4H3/t11?,12?,13?,14-/m1/s1. The van der Waals surface area contributed by atoms with Crippen LogP contribution < -0.4 is 4.90 Å². The minimum Gasteiger partial charge on any atom is -0.389 e. The third-order valence-corrected chi connectivity index (χ3v) is 4.30. The molecule has 100 valence electrons. The summed E-state index contributed by atoms with van der Waals surface area (Å²) in [6.07, 6.45) is 0.944. The maximum absolute atomic E-state index is 9.55. The molecule has 1 heterocycles. The molecule has 0 aliphatic carbocycles. The summed E-state index contributed by atoms with van der Waals surface area (Å²) >= 11 is 0. The van der Waals surface area contributed by atoms with Gasteiger partial charge in [-0.1, -0.05) is 26.0 Å². The molecule has 1 fully saturated rings. The minimum absolute atomic E-state index is 0.379. The van der Waals surface area contributed by atoms with Crippen molar-refractivity contribution in [1.82, 2.24) is 0 Å². The van der Waals surface area contributed by atoms with Gasteiger partial charge in [0.2, 0.25) is 0 Å². The van der Waals surface area contributed by atoms with Gasteiger partial charge in [-0.25, -0.2) is 0 Å². The van der Waals surface area contributed by atoms with Crippen LogP contribution in [0.1, 0.15) is 45.8 Å². The van der Waals surface area contributed by atoms with Gasteiger partial charge in [0.25, 0.3) is 0 Å². The quantitative estimate of drug-likeness (QED) is 0.863. The Labute approximate surface area is 111 Å². The van der Waals surface area contributed by atoms with E-state index in [0.717, 1.165) is 23.9 Å². The van der Waals surface area contributed by atoms with Crippen LogP contribution in [-0.2, 0) is 0 Å². The van der Waals surface area contributed by atoms with E-state index in [0.29, 0.717) is 6.04 Å². The van der Waals surface area contributed by atoms with E-state index in [4.69, 9.17) is 0 Å². The van der Waals surface area contributed by atoms with E-state index in [1.807, 2.05) is 19.1 Å². The molecule has 0 bridgehead atoms. The summed E-state index contributed by atoms with van der Waals surface area (Å²) in [5, 5.41) is 9.55. The molecule has 4 atom stereocenters. The smallest absolute Gasteiger partial charge is 0.0761 e. The van der Waals surface area contributed by atoms with Crippen molar-refractivity contribution in [3.8, 4) is 0 Å². The molecule has 1 aromatic carbocycles. The van der Waals surface area contributed by atoms with Gasteiger partial charge >= 0.3 is 0 Å². The second kappa shape index (κ2) is 5.31. The molecule has 2 heteroatoms. The Kier molecular flexibility index (Phi) is 3.96. The van der Waals surface area contributed by atoms with Gasteiger partial charge in [-0.2, -0.15) is 0 Å². The van der Waals surface area contributed by atoms with Crippen LogP contribution in [0, 0.1) is 11.8 Å². The summed E-state index contributed by atoms with van der Waals surface area (Å²) in [5.41, 5.74) is 2.27. The van der Waals surface area contributed by atoms with Gasteiger partial charge in [0, 0.05) is 18.3 Å². The van der Waals surface area contributed by atoms with Crippen molar-refractivity contribution in [3.63, 3.8) is 0 Å². The van der Waals surface area contributed by atoms with E-state index < -0.39 is 0 Å². The molecular formula is C16H25NO. The van der Waals surface area contributed by atoms with E-state index in [-0.39, 0.29) is 6.10 Å². The van der Waals surface area contributed by atoms with Crippen molar-refractivity contribution in [2.75, 3.05) is 11.4 Å². The average molecular weight is 247 g/mol. The van der Waals surface area contributed by atoms with Crippen molar-refractivity contribution in [2.45, 2.75) is 46.3 Å². The van der Waals surface area contributed by atoms with Crippen LogP contribution in [0.3, 0.4) is 0 Å². The maximum Gasteiger partial charge on any atom is 0.0761 e. The van der Waals surface area contributed by atoms with Crippen LogP contribution in [-0.4, -0.2) is 17.7 Å². The summed E-state index contributed by atoms with van der Waals surface area (Å²) in [6, 6.07) is 8.96. The Bertz CT molecular complexity index is 385. The molecule has 0 amide bonds. The number of aliphatic hydroxyl groups is 1. The summed E-state index contributed by atoms with van der Waals surface area (Å²) in [7, 11) is 0. The Morgan fingerprint density at radius 2 is 1.78 bits per heavy atom. The predicted molar refractivity (Wildman–Crippen MR) is 76.8 cm³/mol. The van der Waals surface area contributed by atoms with Crippen molar-refractivity contribution in [1.29, 1.82) is 0 Å². The van der Waals surface area contributed by atoms with E-state index >= 15 is 0 Å². The monoisotopic (exact) mass is 247 g/mol. The van der Waals surface area contributed by atoms with E-state index in [9.17, 15) is 5.11 Å². The topological polar surface area (TPSA) is 23.5 Å². The highest BCUT2D eigenvalue weighted by molar-refractivity contribution is 5.49. The van der Waals surface area contributed by atoms with Gasteiger partial charge in [-0.15, -0.1) is 0 Å². The number of rotatable bonds is 2. The molecule has 0 spiro atoms. The Balaban J connectivity index is 2.19. The van der Waals surface area contributed by atoms with Crippen LogP contribution in [0.4, 0.5) is 5.69 Å². The third kappa shape index (κ3) is 2.69. The first-order valence-corrected chi connectivity index (χ1v) is 7.03. The molecule has 2 nitrogen and oxygen atoms in total. The number of nitrogens with zero attached hydrogens (tertiary/aromatic N) is 1. The Morgan fingerprint density at radius 1 is 1.17 bits per heavy atom. The molecule has 0 radical (unpaired) electrons. The molecule has 2 rings (SSSR count). The number of aliphatic hydroxyl groups excluding tert-OH is 1. The second-order valence-corrected chi connectivity index (χ2v) is 5.98. The zero-order valence-electron chi connectivity index (χ0n) is 11.9. The zero-order valence-corrected chi connectivity index (χ0v) is 11.9. The van der Waals surface area contributed by atoms with Crippen molar-refractivity contribution in [2.24, 2.45) is 11.8 Å². The molecule has 1 aliphatic heterocycles. The van der Waals surface area contributed by atoms with Crippen molar-refractivity contribution in [3.05, 3.63) is 29.8 Å². The van der Waals surface area contributed by atoms with Crippen LogP contribution in [0.5, 0.6) is 0 Å². The number of hydrogen-bond donors (Lipinski definition) is 1. The van der Waals surface area contributed by atoms with Crippen LogP contribution in [0.15, 0.2) is 24.3 Å². The molecule has 1 N–H and O–H groups in total. The first-order chi connectivity index (χ1) is 8.49.